The van der Waals surface area contributed by atoms with Gasteiger partial charge in [-0.2, -0.15) is 0 Å². The van der Waals surface area contributed by atoms with Crippen LogP contribution >= 0.6 is 0 Å². The zero-order valence-corrected chi connectivity index (χ0v) is 20.5. The molecule has 0 spiro atoms. The van der Waals surface area contributed by atoms with Crippen LogP contribution in [0.4, 0.5) is 0 Å². The van der Waals surface area contributed by atoms with Crippen molar-refractivity contribution < 1.29 is 38.9 Å². The number of rotatable bonds is 14. The first kappa shape index (κ1) is 29.4. The quantitative estimate of drug-likeness (QED) is 0.237. The number of hydrogen-bond acceptors (Lipinski definition) is 7. The Morgan fingerprint density at radius 3 is 2.00 bits per heavy atom. The molecule has 0 saturated carbocycles. The zero-order valence-electron chi connectivity index (χ0n) is 20.5. The lowest BCUT2D eigenvalue weighted by molar-refractivity contribution is -0.147. The summed E-state index contributed by atoms with van der Waals surface area (Å²) in [6, 6.07) is 2.64. The van der Waals surface area contributed by atoms with E-state index in [-0.39, 0.29) is 5.92 Å². The van der Waals surface area contributed by atoms with Gasteiger partial charge in [-0.3, -0.25) is 19.2 Å². The Labute approximate surface area is 204 Å². The molecule has 1 rings (SSSR count). The molecule has 35 heavy (non-hydrogen) atoms. The second-order valence-electron chi connectivity index (χ2n) is 8.60. The number of hydrogen-bond donors (Lipinski definition) is 5. The van der Waals surface area contributed by atoms with Crippen molar-refractivity contribution in [2.75, 3.05) is 27.2 Å². The number of aliphatic carboxylic acids is 2. The third-order valence-electron chi connectivity index (χ3n) is 4.90. The van der Waals surface area contributed by atoms with Crippen molar-refractivity contribution >= 4 is 29.7 Å². The van der Waals surface area contributed by atoms with E-state index in [9.17, 15) is 24.0 Å². The molecule has 0 aliphatic rings. The summed E-state index contributed by atoms with van der Waals surface area (Å²) >= 11 is 0. The Hall–Kier alpha value is -3.67. The van der Waals surface area contributed by atoms with Crippen LogP contribution in [0.1, 0.15) is 37.6 Å². The predicted octanol–water partition coefficient (Wildman–Crippen LogP) is -0.0698. The molecular weight excluding hydrogens is 460 g/mol. The maximum absolute atomic E-state index is 12.8. The van der Waals surface area contributed by atoms with Crippen LogP contribution in [0.15, 0.2) is 24.3 Å². The molecule has 0 aliphatic heterocycles. The van der Waals surface area contributed by atoms with E-state index < -0.39 is 54.2 Å². The molecule has 194 valence electrons. The van der Waals surface area contributed by atoms with Crippen LogP contribution in [0.5, 0.6) is 5.75 Å². The highest BCUT2D eigenvalue weighted by molar-refractivity contribution is 5.98. The molecule has 1 aromatic carbocycles. The highest BCUT2D eigenvalue weighted by Gasteiger charge is 2.29. The van der Waals surface area contributed by atoms with Crippen molar-refractivity contribution in [3.05, 3.63) is 29.8 Å². The number of amides is 3. The third kappa shape index (κ3) is 10.4. The minimum Gasteiger partial charge on any atom is -0.492 e. The highest BCUT2D eigenvalue weighted by Crippen LogP contribution is 2.13. The number of carbonyl (C=O) groups is 5. The minimum atomic E-state index is -1.64. The summed E-state index contributed by atoms with van der Waals surface area (Å²) in [5, 5.41) is 25.0. The Morgan fingerprint density at radius 2 is 1.51 bits per heavy atom. The molecule has 0 radical (unpaired) electrons. The lowest BCUT2D eigenvalue weighted by Gasteiger charge is -2.24. The third-order valence-corrected chi connectivity index (χ3v) is 4.90. The number of nitrogens with one attached hydrogen (secondary N) is 3. The van der Waals surface area contributed by atoms with Gasteiger partial charge in [0.05, 0.1) is 6.42 Å². The van der Waals surface area contributed by atoms with Gasteiger partial charge in [-0.25, -0.2) is 4.79 Å². The number of nitrogens with zero attached hydrogens (tertiary/aromatic N) is 1. The molecule has 0 saturated heterocycles. The number of likely N-dealkylation sites (N-methyl/N-ethyl adjacent to an activating group) is 1. The molecule has 3 atom stereocenters. The van der Waals surface area contributed by atoms with Crippen LogP contribution in [0.2, 0.25) is 0 Å². The molecule has 12 nitrogen and oxygen atoms in total. The molecule has 12 heteroatoms. The maximum Gasteiger partial charge on any atom is 0.326 e. The predicted molar refractivity (Wildman–Crippen MR) is 126 cm³/mol. The van der Waals surface area contributed by atoms with E-state index >= 15 is 0 Å². The number of carbonyl (C=O) groups excluding carboxylic acids is 3. The largest absolute Gasteiger partial charge is 0.492 e. The fourth-order valence-corrected chi connectivity index (χ4v) is 2.85. The van der Waals surface area contributed by atoms with Crippen LogP contribution in [0, 0.1) is 5.92 Å². The summed E-state index contributed by atoms with van der Waals surface area (Å²) < 4.78 is 5.59. The Kier molecular flexibility index (Phi) is 11.7. The van der Waals surface area contributed by atoms with E-state index in [4.69, 9.17) is 14.9 Å². The Morgan fingerprint density at radius 1 is 0.914 bits per heavy atom. The number of carboxylic acid groups (broad SMARTS) is 2. The van der Waals surface area contributed by atoms with Gasteiger partial charge in [-0.1, -0.05) is 13.8 Å². The molecule has 1 aromatic rings. The van der Waals surface area contributed by atoms with Crippen LogP contribution in [0.3, 0.4) is 0 Å². The van der Waals surface area contributed by atoms with E-state index in [1.54, 1.807) is 38.1 Å². The molecular formula is C23H34N4O8. The molecule has 5 N–H and O–H groups in total. The summed E-state index contributed by atoms with van der Waals surface area (Å²) in [7, 11) is 3.86. The average molecular weight is 495 g/mol. The van der Waals surface area contributed by atoms with Crippen molar-refractivity contribution in [2.45, 2.75) is 45.3 Å². The van der Waals surface area contributed by atoms with Crippen LogP contribution < -0.4 is 20.7 Å². The second kappa shape index (κ2) is 13.9. The van der Waals surface area contributed by atoms with Crippen LogP contribution in [0.25, 0.3) is 0 Å². The number of benzene rings is 1. The SMILES string of the molecule is CC(C)[C@H](NC(=O)c1ccc(OCCN(C)C)cc1)C(=O)N[C@@H](C)C(=O)N[C@@H](CC(=O)O)C(=O)O. The van der Waals surface area contributed by atoms with Crippen molar-refractivity contribution in [1.29, 1.82) is 0 Å². The Bertz CT molecular complexity index is 901. The standard InChI is InChI=1S/C23H34N4O8/c1-13(2)19(22(32)24-14(3)20(30)25-17(23(33)34)12-18(28)29)26-21(31)15-6-8-16(9-7-15)35-11-10-27(4)5/h6-9,13-14,17,19H,10-12H2,1-5H3,(H,24,32)(H,25,30)(H,26,31)(H,28,29)(H,33,34)/t14-,17-,19-/m0/s1. The molecule has 0 aliphatic carbocycles. The summed E-state index contributed by atoms with van der Waals surface area (Å²) in [4.78, 5) is 61.6. The monoisotopic (exact) mass is 494 g/mol. The maximum atomic E-state index is 12.8. The lowest BCUT2D eigenvalue weighted by Crippen LogP contribution is -2.56. The Balaban J connectivity index is 2.75. The van der Waals surface area contributed by atoms with E-state index in [2.05, 4.69) is 16.0 Å². The van der Waals surface area contributed by atoms with E-state index in [1.165, 1.54) is 6.92 Å². The molecule has 0 fully saturated rings. The second-order valence-corrected chi connectivity index (χ2v) is 8.60. The van der Waals surface area contributed by atoms with Crippen molar-refractivity contribution in [2.24, 2.45) is 5.92 Å². The minimum absolute atomic E-state index is 0.312. The van der Waals surface area contributed by atoms with Gasteiger partial charge in [0.1, 0.15) is 30.5 Å². The summed E-state index contributed by atoms with van der Waals surface area (Å²) in [5.41, 5.74) is 0.312. The summed E-state index contributed by atoms with van der Waals surface area (Å²) in [5.74, 6) is -4.66. The van der Waals surface area contributed by atoms with Gasteiger partial charge in [0, 0.05) is 12.1 Å². The smallest absolute Gasteiger partial charge is 0.326 e. The molecule has 0 bridgehead atoms. The van der Waals surface area contributed by atoms with E-state index in [0.717, 1.165) is 6.54 Å². The van der Waals surface area contributed by atoms with E-state index in [0.29, 0.717) is 17.9 Å². The molecule has 0 heterocycles. The lowest BCUT2D eigenvalue weighted by atomic mass is 10.0. The first-order chi connectivity index (χ1) is 16.3. The first-order valence-electron chi connectivity index (χ1n) is 11.1. The van der Waals surface area contributed by atoms with E-state index in [1.807, 2.05) is 19.0 Å². The van der Waals surface area contributed by atoms with Crippen molar-refractivity contribution in [1.82, 2.24) is 20.9 Å². The van der Waals surface area contributed by atoms with Crippen molar-refractivity contribution in [3.8, 4) is 5.75 Å². The van der Waals surface area contributed by atoms with Crippen molar-refractivity contribution in [3.63, 3.8) is 0 Å². The first-order valence-corrected chi connectivity index (χ1v) is 11.1. The summed E-state index contributed by atoms with van der Waals surface area (Å²) in [6.07, 6.45) is -0.814. The number of ether oxygens (including phenoxy) is 1. The topological polar surface area (TPSA) is 174 Å². The van der Waals surface area contributed by atoms with Gasteiger partial charge >= 0.3 is 11.9 Å². The highest BCUT2D eigenvalue weighted by atomic mass is 16.5. The van der Waals surface area contributed by atoms with Gasteiger partial charge in [-0.15, -0.1) is 0 Å². The van der Waals surface area contributed by atoms with Gasteiger partial charge in [0.2, 0.25) is 11.8 Å². The summed E-state index contributed by atoms with van der Waals surface area (Å²) in [6.45, 7) is 5.97. The zero-order chi connectivity index (χ0) is 26.7. The molecule has 0 unspecified atom stereocenters. The normalized spacial score (nSPS) is 13.5. The fraction of sp³-hybridized carbons (Fsp3) is 0.522. The number of carboxylic acids is 2. The van der Waals surface area contributed by atoms with Gasteiger partial charge in [0.15, 0.2) is 0 Å². The van der Waals surface area contributed by atoms with Gasteiger partial charge < -0.3 is 35.8 Å². The molecule has 3 amide bonds. The fourth-order valence-electron chi connectivity index (χ4n) is 2.85. The molecule has 0 aromatic heterocycles. The van der Waals surface area contributed by atoms with Crippen LogP contribution in [-0.4, -0.2) is 90.1 Å². The van der Waals surface area contributed by atoms with Gasteiger partial charge in [0.25, 0.3) is 5.91 Å². The van der Waals surface area contributed by atoms with Crippen LogP contribution in [-0.2, 0) is 19.2 Å². The average Bonchev–Trinajstić information content (AvgIpc) is 2.76. The van der Waals surface area contributed by atoms with Gasteiger partial charge in [-0.05, 0) is 51.2 Å².